The number of carbonyl (C=O) groups excluding carboxylic acids is 3. The molecule has 0 spiro atoms. The molecule has 0 fully saturated rings. The van der Waals surface area contributed by atoms with Crippen LogP contribution in [0, 0.1) is 0 Å². The van der Waals surface area contributed by atoms with Crippen molar-refractivity contribution in [1.82, 2.24) is 14.5 Å². The lowest BCUT2D eigenvalue weighted by molar-refractivity contribution is -0.141. The Morgan fingerprint density at radius 2 is 1.81 bits per heavy atom. The molecule has 11 heteroatoms. The SMILES string of the molecule is CCCCNC(=O)[C@@H](CC)N(Cc1ccc(Cl)c(Cl)c1)C(=O)CCN1C(=O)c2ccccc2S1(=O)=O. The average molecular weight is 554 g/mol. The number of rotatable bonds is 11. The molecule has 194 valence electrons. The highest BCUT2D eigenvalue weighted by Crippen LogP contribution is 2.30. The lowest BCUT2D eigenvalue weighted by atomic mass is 10.1. The lowest BCUT2D eigenvalue weighted by Gasteiger charge is -2.31. The number of hydrogen-bond donors (Lipinski definition) is 1. The van der Waals surface area contributed by atoms with E-state index >= 15 is 0 Å². The third kappa shape index (κ3) is 6.02. The van der Waals surface area contributed by atoms with Crippen LogP contribution in [0.25, 0.3) is 0 Å². The Balaban J connectivity index is 1.82. The maximum absolute atomic E-state index is 13.4. The fourth-order valence-corrected chi connectivity index (χ4v) is 5.94. The van der Waals surface area contributed by atoms with Gasteiger partial charge in [0.15, 0.2) is 0 Å². The zero-order chi connectivity index (χ0) is 26.5. The van der Waals surface area contributed by atoms with E-state index < -0.39 is 27.9 Å². The molecule has 0 bridgehead atoms. The van der Waals surface area contributed by atoms with E-state index in [1.54, 1.807) is 37.3 Å². The van der Waals surface area contributed by atoms with Gasteiger partial charge in [-0.2, -0.15) is 0 Å². The molecule has 8 nitrogen and oxygen atoms in total. The van der Waals surface area contributed by atoms with Crippen molar-refractivity contribution in [1.29, 1.82) is 0 Å². The van der Waals surface area contributed by atoms with E-state index in [9.17, 15) is 22.8 Å². The molecule has 1 aliphatic rings. The molecule has 1 aliphatic heterocycles. The maximum atomic E-state index is 13.4. The van der Waals surface area contributed by atoms with E-state index in [0.717, 1.165) is 17.1 Å². The van der Waals surface area contributed by atoms with E-state index in [-0.39, 0.29) is 35.9 Å². The fraction of sp³-hybridized carbons (Fsp3) is 0.400. The van der Waals surface area contributed by atoms with Gasteiger partial charge in [0.1, 0.15) is 10.9 Å². The van der Waals surface area contributed by atoms with Crippen LogP contribution in [0.4, 0.5) is 0 Å². The number of benzene rings is 2. The number of amides is 3. The Morgan fingerprint density at radius 1 is 1.08 bits per heavy atom. The quantitative estimate of drug-likeness (QED) is 0.419. The van der Waals surface area contributed by atoms with Gasteiger partial charge in [0, 0.05) is 26.1 Å². The molecule has 1 atom stereocenters. The summed E-state index contributed by atoms with van der Waals surface area (Å²) in [5.74, 6) is -1.42. The molecule has 0 saturated carbocycles. The summed E-state index contributed by atoms with van der Waals surface area (Å²) in [6.07, 6.45) is 1.78. The molecule has 3 amide bonds. The summed E-state index contributed by atoms with van der Waals surface area (Å²) in [6, 6.07) is 10.1. The minimum atomic E-state index is -4.04. The van der Waals surface area contributed by atoms with Crippen molar-refractivity contribution >= 4 is 50.9 Å². The number of hydrogen-bond acceptors (Lipinski definition) is 5. The predicted molar refractivity (Wildman–Crippen MR) is 138 cm³/mol. The monoisotopic (exact) mass is 553 g/mol. The van der Waals surface area contributed by atoms with E-state index in [1.807, 2.05) is 6.92 Å². The highest BCUT2D eigenvalue weighted by molar-refractivity contribution is 7.90. The summed E-state index contributed by atoms with van der Waals surface area (Å²) < 4.78 is 26.5. The van der Waals surface area contributed by atoms with Crippen LogP contribution in [-0.2, 0) is 26.2 Å². The van der Waals surface area contributed by atoms with E-state index in [4.69, 9.17) is 23.2 Å². The third-order valence-corrected chi connectivity index (χ3v) is 8.57. The lowest BCUT2D eigenvalue weighted by Crippen LogP contribution is -2.49. The highest BCUT2D eigenvalue weighted by atomic mass is 35.5. The van der Waals surface area contributed by atoms with Crippen LogP contribution < -0.4 is 5.32 Å². The smallest absolute Gasteiger partial charge is 0.269 e. The van der Waals surface area contributed by atoms with Gasteiger partial charge in [-0.1, -0.05) is 61.7 Å². The van der Waals surface area contributed by atoms with Crippen LogP contribution in [0.1, 0.15) is 55.5 Å². The Kier molecular flexibility index (Phi) is 9.38. The number of fused-ring (bicyclic) bond motifs is 1. The Labute approximate surface area is 221 Å². The first-order valence-corrected chi connectivity index (χ1v) is 14.0. The predicted octanol–water partition coefficient (Wildman–Crippen LogP) is 4.25. The summed E-state index contributed by atoms with van der Waals surface area (Å²) in [5.41, 5.74) is 0.745. The van der Waals surface area contributed by atoms with E-state index in [2.05, 4.69) is 5.32 Å². The molecule has 2 aromatic rings. The fourth-order valence-electron chi connectivity index (χ4n) is 4.05. The molecule has 2 aromatic carbocycles. The molecular weight excluding hydrogens is 525 g/mol. The van der Waals surface area contributed by atoms with Gasteiger partial charge in [-0.05, 0) is 42.7 Å². The summed E-state index contributed by atoms with van der Waals surface area (Å²) in [7, 11) is -4.04. The van der Waals surface area contributed by atoms with Gasteiger partial charge < -0.3 is 10.2 Å². The largest absolute Gasteiger partial charge is 0.354 e. The number of nitrogens with one attached hydrogen (secondary N) is 1. The molecule has 0 aliphatic carbocycles. The summed E-state index contributed by atoms with van der Waals surface area (Å²) in [5, 5.41) is 3.54. The van der Waals surface area contributed by atoms with Crippen molar-refractivity contribution in [2.75, 3.05) is 13.1 Å². The zero-order valence-electron chi connectivity index (χ0n) is 20.2. The molecule has 0 aromatic heterocycles. The zero-order valence-corrected chi connectivity index (χ0v) is 22.5. The van der Waals surface area contributed by atoms with Gasteiger partial charge in [0.05, 0.1) is 15.6 Å². The van der Waals surface area contributed by atoms with Gasteiger partial charge in [0.2, 0.25) is 11.8 Å². The Morgan fingerprint density at radius 3 is 2.44 bits per heavy atom. The number of carbonyl (C=O) groups is 3. The van der Waals surface area contributed by atoms with Crippen molar-refractivity contribution in [2.45, 2.75) is 57.0 Å². The second-order valence-corrected chi connectivity index (χ2v) is 11.1. The molecule has 0 radical (unpaired) electrons. The third-order valence-electron chi connectivity index (χ3n) is 5.99. The van der Waals surface area contributed by atoms with Crippen molar-refractivity contribution in [3.05, 3.63) is 63.6 Å². The summed E-state index contributed by atoms with van der Waals surface area (Å²) >= 11 is 12.2. The molecule has 0 saturated heterocycles. The first-order valence-electron chi connectivity index (χ1n) is 11.8. The van der Waals surface area contributed by atoms with Crippen LogP contribution in [0.2, 0.25) is 10.0 Å². The summed E-state index contributed by atoms with van der Waals surface area (Å²) in [6.45, 7) is 4.02. The summed E-state index contributed by atoms with van der Waals surface area (Å²) in [4.78, 5) is 40.5. The van der Waals surface area contributed by atoms with Gasteiger partial charge >= 0.3 is 0 Å². The number of sulfonamides is 1. The molecule has 3 rings (SSSR count). The number of unbranched alkanes of at least 4 members (excludes halogenated alkanes) is 1. The minimum Gasteiger partial charge on any atom is -0.354 e. The molecular formula is C25H29Cl2N3O5S. The second-order valence-electron chi connectivity index (χ2n) is 8.47. The molecule has 1 heterocycles. The van der Waals surface area contributed by atoms with Gasteiger partial charge in [-0.3, -0.25) is 14.4 Å². The van der Waals surface area contributed by atoms with Crippen LogP contribution in [0.3, 0.4) is 0 Å². The van der Waals surface area contributed by atoms with E-state index in [1.165, 1.54) is 17.0 Å². The average Bonchev–Trinajstić information content (AvgIpc) is 3.04. The Hall–Kier alpha value is -2.62. The van der Waals surface area contributed by atoms with Gasteiger partial charge in [0.25, 0.3) is 15.9 Å². The number of halogens is 2. The van der Waals surface area contributed by atoms with Crippen molar-refractivity contribution in [3.63, 3.8) is 0 Å². The molecule has 36 heavy (non-hydrogen) atoms. The van der Waals surface area contributed by atoms with Gasteiger partial charge in [-0.15, -0.1) is 0 Å². The van der Waals surface area contributed by atoms with Crippen molar-refractivity contribution in [2.24, 2.45) is 0 Å². The van der Waals surface area contributed by atoms with Crippen LogP contribution in [-0.4, -0.2) is 54.5 Å². The highest BCUT2D eigenvalue weighted by Gasteiger charge is 2.41. The molecule has 0 unspecified atom stereocenters. The number of nitrogens with zero attached hydrogens (tertiary/aromatic N) is 2. The van der Waals surface area contributed by atoms with Crippen LogP contribution >= 0.6 is 23.2 Å². The van der Waals surface area contributed by atoms with Crippen molar-refractivity contribution in [3.8, 4) is 0 Å². The van der Waals surface area contributed by atoms with Gasteiger partial charge in [-0.25, -0.2) is 12.7 Å². The van der Waals surface area contributed by atoms with Crippen LogP contribution in [0.5, 0.6) is 0 Å². The normalized spacial score (nSPS) is 14.9. The van der Waals surface area contributed by atoms with E-state index in [0.29, 0.717) is 28.6 Å². The Bertz CT molecular complexity index is 1250. The first-order chi connectivity index (χ1) is 17.1. The second kappa shape index (κ2) is 12.1. The molecule has 1 N–H and O–H groups in total. The first kappa shape index (κ1) is 28.0. The maximum Gasteiger partial charge on any atom is 0.269 e. The van der Waals surface area contributed by atoms with Crippen LogP contribution in [0.15, 0.2) is 47.4 Å². The topological polar surface area (TPSA) is 104 Å². The minimum absolute atomic E-state index is 0.0658. The van der Waals surface area contributed by atoms with Crippen molar-refractivity contribution < 1.29 is 22.8 Å². The standard InChI is InChI=1S/C25H29Cl2N3O5S/c1-3-5-13-28-24(32)21(4-2)29(16-17-10-11-19(26)20(27)15-17)23(31)12-14-30-25(33)18-8-6-7-9-22(18)36(30,34)35/h6-11,15,21H,3-5,12-14,16H2,1-2H3,(H,28,32)/t21-/m1/s1.